The van der Waals surface area contributed by atoms with Crippen LogP contribution in [0.15, 0.2) is 65.5 Å². The Morgan fingerprint density at radius 3 is 2.49 bits per heavy atom. The monoisotopic (exact) mass is 691 g/mol. The third kappa shape index (κ3) is 7.27. The number of carbonyl (C=O) groups is 2. The van der Waals surface area contributed by atoms with Crippen molar-refractivity contribution in [2.45, 2.75) is 38.3 Å². The first kappa shape index (κ1) is 34.0. The summed E-state index contributed by atoms with van der Waals surface area (Å²) in [6, 6.07) is 14.1. The van der Waals surface area contributed by atoms with Gasteiger partial charge in [-0.3, -0.25) is 14.5 Å². The quantitative estimate of drug-likeness (QED) is 0.254. The predicted molar refractivity (Wildman–Crippen MR) is 187 cm³/mol. The molecule has 14 heteroatoms. The molecule has 2 aliphatic rings. The van der Waals surface area contributed by atoms with Crippen molar-refractivity contribution in [3.8, 4) is 11.5 Å². The number of fused-ring (bicyclic) bond motifs is 1. The van der Waals surface area contributed by atoms with Gasteiger partial charge in [0.1, 0.15) is 17.3 Å². The molecular weight excluding hydrogens is 653 g/mol. The lowest BCUT2D eigenvalue weighted by Crippen LogP contribution is -2.57. The number of methoxy groups -OCH3 is 2. The fraction of sp³-hybridized carbons (Fsp3) is 0.371. The van der Waals surface area contributed by atoms with E-state index in [1.54, 1.807) is 43.3 Å². The molecule has 2 saturated heterocycles. The highest BCUT2D eigenvalue weighted by atomic mass is 35.5. The molecule has 3 amide bonds. The van der Waals surface area contributed by atoms with Gasteiger partial charge in [-0.05, 0) is 80.9 Å². The van der Waals surface area contributed by atoms with E-state index in [-0.39, 0.29) is 23.3 Å². The fourth-order valence-electron chi connectivity index (χ4n) is 6.44. The highest BCUT2D eigenvalue weighted by Gasteiger charge is 2.33. The van der Waals surface area contributed by atoms with E-state index >= 15 is 0 Å². The van der Waals surface area contributed by atoms with Crippen LogP contribution >= 0.6 is 11.6 Å². The number of aromatic nitrogens is 2. The van der Waals surface area contributed by atoms with Gasteiger partial charge in [0, 0.05) is 42.3 Å². The van der Waals surface area contributed by atoms with Crippen molar-refractivity contribution in [2.75, 3.05) is 62.2 Å². The maximum atomic E-state index is 14.3. The molecule has 0 radical (unpaired) electrons. The first-order valence-corrected chi connectivity index (χ1v) is 16.6. The van der Waals surface area contributed by atoms with Crippen LogP contribution in [0.1, 0.15) is 38.1 Å². The molecule has 3 aromatic carbocycles. The van der Waals surface area contributed by atoms with Gasteiger partial charge in [0.2, 0.25) is 5.91 Å². The molecule has 3 heterocycles. The van der Waals surface area contributed by atoms with Crippen molar-refractivity contribution in [1.82, 2.24) is 19.9 Å². The molecule has 2 fully saturated rings. The molecule has 1 aromatic heterocycles. The van der Waals surface area contributed by atoms with Crippen molar-refractivity contribution in [2.24, 2.45) is 0 Å². The van der Waals surface area contributed by atoms with Crippen molar-refractivity contribution < 1.29 is 23.5 Å². The van der Waals surface area contributed by atoms with Gasteiger partial charge in [-0.25, -0.2) is 18.8 Å². The zero-order chi connectivity index (χ0) is 34.7. The van der Waals surface area contributed by atoms with Crippen LogP contribution in [0.25, 0.3) is 10.9 Å². The summed E-state index contributed by atoms with van der Waals surface area (Å²) < 4.78 is 26.3. The van der Waals surface area contributed by atoms with Gasteiger partial charge >= 0.3 is 6.03 Å². The van der Waals surface area contributed by atoms with E-state index < -0.39 is 17.9 Å². The van der Waals surface area contributed by atoms with E-state index in [0.717, 1.165) is 19.4 Å². The summed E-state index contributed by atoms with van der Waals surface area (Å²) in [5, 5.41) is 8.79. The molecule has 6 rings (SSSR count). The second-order valence-electron chi connectivity index (χ2n) is 12.1. The van der Waals surface area contributed by atoms with E-state index in [4.69, 9.17) is 26.1 Å². The Labute approximate surface area is 288 Å². The standard InChI is InChI=1S/C35H39ClFN7O5/c1-22(43(30-13-11-27(48-2)21-31(30)49-3)35(47)39-25-9-7-24(37)8-10-25)33-40-29-12-6-23(36)19-28(29)34(46)44(33)42-17-15-41(16-18-42)32(45)20-26-5-4-14-38-26/h6-13,19,21-22,26,38H,4-5,14-18,20H2,1-3H3,(H,39,47)/t22-,26+/m1/s1. The van der Waals surface area contributed by atoms with Gasteiger partial charge in [-0.2, -0.15) is 0 Å². The van der Waals surface area contributed by atoms with Gasteiger partial charge in [0.15, 0.2) is 5.82 Å². The molecule has 0 bridgehead atoms. The Balaban J connectivity index is 1.41. The van der Waals surface area contributed by atoms with Crippen molar-refractivity contribution in [3.05, 3.63) is 87.7 Å². The van der Waals surface area contributed by atoms with Crippen LogP contribution in [0, 0.1) is 5.82 Å². The van der Waals surface area contributed by atoms with Gasteiger partial charge in [-0.1, -0.05) is 11.6 Å². The van der Waals surface area contributed by atoms with Gasteiger partial charge < -0.3 is 30.0 Å². The molecule has 258 valence electrons. The summed E-state index contributed by atoms with van der Waals surface area (Å²) >= 11 is 6.32. The zero-order valence-corrected chi connectivity index (χ0v) is 28.4. The van der Waals surface area contributed by atoms with Crippen LogP contribution < -0.4 is 35.6 Å². The molecule has 4 aromatic rings. The second-order valence-corrected chi connectivity index (χ2v) is 12.5. The van der Waals surface area contributed by atoms with E-state index in [0.29, 0.717) is 71.4 Å². The molecule has 0 aliphatic carbocycles. The number of anilines is 2. The lowest BCUT2D eigenvalue weighted by molar-refractivity contribution is -0.132. The topological polar surface area (TPSA) is 121 Å². The SMILES string of the molecule is COc1ccc(N(C(=O)Nc2ccc(F)cc2)[C@H](C)c2nc3ccc(Cl)cc3c(=O)n2N2CCN(C(=O)C[C@@H]3CCCN3)CC2)c(OC)c1. The van der Waals surface area contributed by atoms with Gasteiger partial charge in [-0.15, -0.1) is 0 Å². The number of piperazine rings is 1. The molecule has 0 saturated carbocycles. The Hall–Kier alpha value is -4.88. The second kappa shape index (κ2) is 14.7. The summed E-state index contributed by atoms with van der Waals surface area (Å²) in [5.41, 5.74) is 0.794. The van der Waals surface area contributed by atoms with Crippen LogP contribution in [0.4, 0.5) is 20.6 Å². The maximum absolute atomic E-state index is 14.3. The number of carbonyl (C=O) groups excluding carboxylic acids is 2. The smallest absolute Gasteiger partial charge is 0.327 e. The molecule has 12 nitrogen and oxygen atoms in total. The zero-order valence-electron chi connectivity index (χ0n) is 27.6. The Morgan fingerprint density at radius 2 is 1.82 bits per heavy atom. The average Bonchev–Trinajstić information content (AvgIpc) is 3.62. The average molecular weight is 692 g/mol. The van der Waals surface area contributed by atoms with Crippen molar-refractivity contribution >= 4 is 45.8 Å². The van der Waals surface area contributed by atoms with E-state index in [9.17, 15) is 18.8 Å². The number of hydrogen-bond donors (Lipinski definition) is 2. The van der Waals surface area contributed by atoms with Crippen LogP contribution in [0.2, 0.25) is 5.02 Å². The molecule has 0 unspecified atom stereocenters. The predicted octanol–water partition coefficient (Wildman–Crippen LogP) is 4.93. The first-order chi connectivity index (χ1) is 23.7. The molecule has 0 spiro atoms. The molecule has 49 heavy (non-hydrogen) atoms. The summed E-state index contributed by atoms with van der Waals surface area (Å²) in [4.78, 5) is 49.9. The van der Waals surface area contributed by atoms with Gasteiger partial charge in [0.05, 0.1) is 49.9 Å². The summed E-state index contributed by atoms with van der Waals surface area (Å²) in [5.74, 6) is 0.772. The van der Waals surface area contributed by atoms with Crippen LogP contribution in [-0.4, -0.2) is 79.5 Å². The largest absolute Gasteiger partial charge is 0.497 e. The molecular formula is C35H39ClFN7O5. The lowest BCUT2D eigenvalue weighted by atomic mass is 10.1. The van der Waals surface area contributed by atoms with E-state index in [2.05, 4.69) is 10.6 Å². The van der Waals surface area contributed by atoms with Gasteiger partial charge in [0.25, 0.3) is 5.56 Å². The minimum absolute atomic E-state index is 0.0821. The number of urea groups is 1. The number of nitrogens with one attached hydrogen (secondary N) is 2. The third-order valence-corrected chi connectivity index (χ3v) is 9.27. The minimum Gasteiger partial charge on any atom is -0.497 e. The Bertz CT molecular complexity index is 1890. The number of ether oxygens (including phenoxy) is 2. The molecule has 2 N–H and O–H groups in total. The normalized spacial score (nSPS) is 16.8. The Morgan fingerprint density at radius 1 is 1.06 bits per heavy atom. The van der Waals surface area contributed by atoms with E-state index in [1.807, 2.05) is 9.91 Å². The highest BCUT2D eigenvalue weighted by molar-refractivity contribution is 6.31. The summed E-state index contributed by atoms with van der Waals surface area (Å²) in [6.45, 7) is 4.26. The number of halogens is 2. The maximum Gasteiger partial charge on any atom is 0.327 e. The number of rotatable bonds is 9. The minimum atomic E-state index is -0.858. The van der Waals surface area contributed by atoms with Crippen LogP contribution in [0.3, 0.4) is 0 Å². The van der Waals surface area contributed by atoms with E-state index in [1.165, 1.54) is 48.1 Å². The highest BCUT2D eigenvalue weighted by Crippen LogP contribution is 2.37. The van der Waals surface area contributed by atoms with Crippen LogP contribution in [0.5, 0.6) is 11.5 Å². The third-order valence-electron chi connectivity index (χ3n) is 9.03. The fourth-order valence-corrected chi connectivity index (χ4v) is 6.61. The number of hydrogen-bond acceptors (Lipinski definition) is 8. The lowest BCUT2D eigenvalue weighted by Gasteiger charge is -2.39. The van der Waals surface area contributed by atoms with Crippen molar-refractivity contribution in [3.63, 3.8) is 0 Å². The molecule has 2 aliphatic heterocycles. The summed E-state index contributed by atoms with van der Waals surface area (Å²) in [6.07, 6.45) is 2.49. The first-order valence-electron chi connectivity index (χ1n) is 16.2. The number of amides is 3. The van der Waals surface area contributed by atoms with Crippen molar-refractivity contribution in [1.29, 1.82) is 0 Å². The Kier molecular flexibility index (Phi) is 10.2. The van der Waals surface area contributed by atoms with Crippen LogP contribution in [-0.2, 0) is 4.79 Å². The molecule has 2 atom stereocenters. The number of benzene rings is 3. The summed E-state index contributed by atoms with van der Waals surface area (Å²) in [7, 11) is 3.01. The number of nitrogens with zero attached hydrogens (tertiary/aromatic N) is 5.